The predicted octanol–water partition coefficient (Wildman–Crippen LogP) is 3.44. The van der Waals surface area contributed by atoms with Crippen LogP contribution in [0.5, 0.6) is 23.0 Å². The summed E-state index contributed by atoms with van der Waals surface area (Å²) in [6.07, 6.45) is 0.918. The summed E-state index contributed by atoms with van der Waals surface area (Å²) in [5.41, 5.74) is 5.19. The standard InChI is InChI=1S/C23H28N2O6S/c1-15(2)8-9-29-18-6-4-16(12-20(18)28-3)23(27)25-24-22(26)14-32-17-5-7-19-21(13-17)31-11-10-30-19/h4-7,12-13,15H,8-11,14H2,1-3H3,(H,24,26)(H,25,27). The van der Waals surface area contributed by atoms with Gasteiger partial charge >= 0.3 is 0 Å². The highest BCUT2D eigenvalue weighted by atomic mass is 32.2. The fourth-order valence-electron chi connectivity index (χ4n) is 2.83. The Labute approximate surface area is 191 Å². The number of hydrogen-bond acceptors (Lipinski definition) is 7. The van der Waals surface area contributed by atoms with Crippen LogP contribution in [0.3, 0.4) is 0 Å². The number of rotatable bonds is 9. The van der Waals surface area contributed by atoms with Gasteiger partial charge in [-0.25, -0.2) is 0 Å². The third-order valence-electron chi connectivity index (χ3n) is 4.58. The van der Waals surface area contributed by atoms with E-state index in [2.05, 4.69) is 24.7 Å². The molecule has 9 heteroatoms. The van der Waals surface area contributed by atoms with E-state index in [4.69, 9.17) is 18.9 Å². The van der Waals surface area contributed by atoms with Gasteiger partial charge in [0.2, 0.25) is 5.91 Å². The second-order valence-electron chi connectivity index (χ2n) is 7.49. The van der Waals surface area contributed by atoms with Crippen LogP contribution in [0.15, 0.2) is 41.3 Å². The van der Waals surface area contributed by atoms with Crippen molar-refractivity contribution in [2.75, 3.05) is 32.7 Å². The van der Waals surface area contributed by atoms with Gasteiger partial charge in [-0.1, -0.05) is 13.8 Å². The van der Waals surface area contributed by atoms with Crippen LogP contribution in [0.2, 0.25) is 0 Å². The number of hydrogen-bond donors (Lipinski definition) is 2. The molecule has 2 aromatic carbocycles. The van der Waals surface area contributed by atoms with Crippen molar-refractivity contribution in [2.24, 2.45) is 5.92 Å². The van der Waals surface area contributed by atoms with Crippen molar-refractivity contribution in [3.05, 3.63) is 42.0 Å². The van der Waals surface area contributed by atoms with Gasteiger partial charge < -0.3 is 18.9 Å². The maximum atomic E-state index is 12.4. The molecule has 8 nitrogen and oxygen atoms in total. The number of nitrogens with one attached hydrogen (secondary N) is 2. The number of ether oxygens (including phenoxy) is 4. The Balaban J connectivity index is 1.47. The Morgan fingerprint density at radius 2 is 1.81 bits per heavy atom. The first-order valence-corrected chi connectivity index (χ1v) is 11.4. The first-order chi connectivity index (χ1) is 15.5. The maximum absolute atomic E-state index is 12.4. The lowest BCUT2D eigenvalue weighted by atomic mass is 10.1. The molecule has 0 aliphatic carbocycles. The Bertz CT molecular complexity index is 950. The zero-order chi connectivity index (χ0) is 22.9. The second kappa shape index (κ2) is 11.5. The summed E-state index contributed by atoms with van der Waals surface area (Å²) >= 11 is 1.33. The van der Waals surface area contributed by atoms with E-state index in [0.717, 1.165) is 11.3 Å². The molecule has 0 saturated carbocycles. The minimum absolute atomic E-state index is 0.131. The van der Waals surface area contributed by atoms with Crippen LogP contribution in [0, 0.1) is 5.92 Å². The van der Waals surface area contributed by atoms with Gasteiger partial charge in [0.15, 0.2) is 23.0 Å². The molecule has 1 heterocycles. The van der Waals surface area contributed by atoms with Crippen LogP contribution in [0.4, 0.5) is 0 Å². The molecule has 0 saturated heterocycles. The number of thioether (sulfide) groups is 1. The molecule has 0 radical (unpaired) electrons. The molecule has 1 aliphatic rings. The summed E-state index contributed by atoms with van der Waals surface area (Å²) in [7, 11) is 1.52. The van der Waals surface area contributed by atoms with Crippen LogP contribution < -0.4 is 29.8 Å². The van der Waals surface area contributed by atoms with Gasteiger partial charge in [0, 0.05) is 10.5 Å². The molecule has 1 aliphatic heterocycles. The molecule has 3 rings (SSSR count). The molecule has 2 N–H and O–H groups in total. The first kappa shape index (κ1) is 23.6. The molecule has 2 aromatic rings. The van der Waals surface area contributed by atoms with E-state index in [9.17, 15) is 9.59 Å². The van der Waals surface area contributed by atoms with Gasteiger partial charge in [0.05, 0.1) is 19.5 Å². The fourth-order valence-corrected chi connectivity index (χ4v) is 3.55. The minimum atomic E-state index is -0.449. The number of carbonyl (C=O) groups is 2. The van der Waals surface area contributed by atoms with Crippen molar-refractivity contribution in [1.29, 1.82) is 0 Å². The number of fused-ring (bicyclic) bond motifs is 1. The second-order valence-corrected chi connectivity index (χ2v) is 8.54. The van der Waals surface area contributed by atoms with E-state index in [1.807, 2.05) is 18.2 Å². The summed E-state index contributed by atoms with van der Waals surface area (Å²) in [4.78, 5) is 25.4. The largest absolute Gasteiger partial charge is 0.493 e. The lowest BCUT2D eigenvalue weighted by Gasteiger charge is -2.18. The first-order valence-electron chi connectivity index (χ1n) is 10.4. The third kappa shape index (κ3) is 6.71. The highest BCUT2D eigenvalue weighted by molar-refractivity contribution is 8.00. The molecule has 0 fully saturated rings. The number of carbonyl (C=O) groups excluding carboxylic acids is 2. The van der Waals surface area contributed by atoms with E-state index in [1.165, 1.54) is 18.9 Å². The Morgan fingerprint density at radius 1 is 1.03 bits per heavy atom. The van der Waals surface area contributed by atoms with Crippen molar-refractivity contribution in [3.8, 4) is 23.0 Å². The van der Waals surface area contributed by atoms with Gasteiger partial charge in [0.1, 0.15) is 13.2 Å². The molecule has 172 valence electrons. The zero-order valence-corrected chi connectivity index (χ0v) is 19.3. The summed E-state index contributed by atoms with van der Waals surface area (Å²) in [5, 5.41) is 0. The summed E-state index contributed by atoms with van der Waals surface area (Å²) in [6.45, 7) is 5.84. The maximum Gasteiger partial charge on any atom is 0.269 e. The van der Waals surface area contributed by atoms with Crippen LogP contribution in [-0.2, 0) is 4.79 Å². The van der Waals surface area contributed by atoms with Crippen molar-refractivity contribution < 1.29 is 28.5 Å². The molecular formula is C23H28N2O6S. The molecular weight excluding hydrogens is 432 g/mol. The average Bonchev–Trinajstić information content (AvgIpc) is 2.80. The quantitative estimate of drug-likeness (QED) is 0.437. The van der Waals surface area contributed by atoms with Gasteiger partial charge in [-0.05, 0) is 48.7 Å². The average molecular weight is 461 g/mol. The molecule has 0 unspecified atom stereocenters. The van der Waals surface area contributed by atoms with Crippen molar-refractivity contribution in [3.63, 3.8) is 0 Å². The van der Waals surface area contributed by atoms with E-state index >= 15 is 0 Å². The lowest BCUT2D eigenvalue weighted by molar-refractivity contribution is -0.119. The topological polar surface area (TPSA) is 95.1 Å². The van der Waals surface area contributed by atoms with Crippen LogP contribution in [-0.4, -0.2) is 44.5 Å². The van der Waals surface area contributed by atoms with E-state index in [-0.39, 0.29) is 11.7 Å². The zero-order valence-electron chi connectivity index (χ0n) is 18.4. The van der Waals surface area contributed by atoms with Crippen molar-refractivity contribution in [2.45, 2.75) is 25.2 Å². The number of methoxy groups -OCH3 is 1. The summed E-state index contributed by atoms with van der Waals surface area (Å²) in [6, 6.07) is 10.4. The van der Waals surface area contributed by atoms with Gasteiger partial charge in [-0.2, -0.15) is 0 Å². The third-order valence-corrected chi connectivity index (χ3v) is 5.57. The molecule has 0 aromatic heterocycles. The Morgan fingerprint density at radius 3 is 2.56 bits per heavy atom. The van der Waals surface area contributed by atoms with Crippen LogP contribution in [0.25, 0.3) is 0 Å². The smallest absolute Gasteiger partial charge is 0.269 e. The fraction of sp³-hybridized carbons (Fsp3) is 0.391. The number of amides is 2. The van der Waals surface area contributed by atoms with Gasteiger partial charge in [0.25, 0.3) is 5.91 Å². The predicted molar refractivity (Wildman–Crippen MR) is 122 cm³/mol. The monoisotopic (exact) mass is 460 g/mol. The lowest BCUT2D eigenvalue weighted by Crippen LogP contribution is -2.42. The highest BCUT2D eigenvalue weighted by Crippen LogP contribution is 2.34. The van der Waals surface area contributed by atoms with Crippen LogP contribution >= 0.6 is 11.8 Å². The molecule has 0 atom stereocenters. The van der Waals surface area contributed by atoms with E-state index < -0.39 is 5.91 Å². The molecule has 0 spiro atoms. The van der Waals surface area contributed by atoms with E-state index in [0.29, 0.717) is 54.3 Å². The van der Waals surface area contributed by atoms with E-state index in [1.54, 1.807) is 18.2 Å². The summed E-state index contributed by atoms with van der Waals surface area (Å²) in [5.74, 6) is 2.28. The van der Waals surface area contributed by atoms with Gasteiger partial charge in [-0.15, -0.1) is 11.8 Å². The Kier molecular flexibility index (Phi) is 8.49. The van der Waals surface area contributed by atoms with Crippen molar-refractivity contribution in [1.82, 2.24) is 10.9 Å². The van der Waals surface area contributed by atoms with Crippen LogP contribution in [0.1, 0.15) is 30.6 Å². The highest BCUT2D eigenvalue weighted by Gasteiger charge is 2.14. The minimum Gasteiger partial charge on any atom is -0.493 e. The van der Waals surface area contributed by atoms with Crippen molar-refractivity contribution >= 4 is 23.6 Å². The normalized spacial score (nSPS) is 12.2. The number of hydrazine groups is 1. The van der Waals surface area contributed by atoms with Gasteiger partial charge in [-0.3, -0.25) is 20.4 Å². The molecule has 0 bridgehead atoms. The molecule has 2 amide bonds. The molecule has 32 heavy (non-hydrogen) atoms. The Hall–Kier alpha value is -3.07. The number of benzene rings is 2. The summed E-state index contributed by atoms with van der Waals surface area (Å²) < 4.78 is 22.1. The SMILES string of the molecule is COc1cc(C(=O)NNC(=O)CSc2ccc3c(c2)OCCO3)ccc1OCCC(C)C.